The first-order chi connectivity index (χ1) is 10.8. The Morgan fingerprint density at radius 1 is 1.05 bits per heavy atom. The van der Waals surface area contributed by atoms with Crippen molar-refractivity contribution in [2.45, 2.75) is 12.3 Å². The third-order valence-electron chi connectivity index (χ3n) is 3.63. The topological polar surface area (TPSA) is 41.5 Å². The Balaban J connectivity index is 1.78. The number of nitrogens with zero attached hydrogens (tertiary/aromatic N) is 1. The number of hydrogen-bond acceptors (Lipinski definition) is 3. The number of nitrogens with one attached hydrogen (secondary N) is 1. The van der Waals surface area contributed by atoms with Crippen molar-refractivity contribution in [3.63, 3.8) is 0 Å². The van der Waals surface area contributed by atoms with Crippen molar-refractivity contribution in [1.29, 1.82) is 0 Å². The molecule has 0 bridgehead atoms. The van der Waals surface area contributed by atoms with Crippen molar-refractivity contribution in [3.8, 4) is 0 Å². The zero-order valence-corrected chi connectivity index (χ0v) is 13.1. The Kier molecular flexibility index (Phi) is 4.91. The molecule has 0 spiro atoms. The summed E-state index contributed by atoms with van der Waals surface area (Å²) in [6.45, 7) is 0.793. The zero-order chi connectivity index (χ0) is 15.2. The molecule has 0 unspecified atom stereocenters. The Labute approximate surface area is 134 Å². The molecular formula is C18H18N2OS. The standard InChI is InChI=1S/C18H18N2OS/c21-17(20-18-19-11-12-22-18)13-16(14-7-3-1-4-8-14)15-9-5-2-6-10-15/h1-10,16H,11-13H2,(H,19,20,21). The van der Waals surface area contributed by atoms with Gasteiger partial charge in [-0.15, -0.1) is 0 Å². The van der Waals surface area contributed by atoms with Gasteiger partial charge in [0.1, 0.15) is 0 Å². The van der Waals surface area contributed by atoms with E-state index in [0.29, 0.717) is 6.42 Å². The molecule has 2 aromatic rings. The van der Waals surface area contributed by atoms with Gasteiger partial charge in [0.05, 0.1) is 6.54 Å². The van der Waals surface area contributed by atoms with E-state index in [4.69, 9.17) is 0 Å². The SMILES string of the molecule is O=C(CC(c1ccccc1)c1ccccc1)NC1=NCCS1. The molecule has 1 aliphatic rings. The lowest BCUT2D eigenvalue weighted by atomic mass is 9.88. The molecule has 1 aliphatic heterocycles. The van der Waals surface area contributed by atoms with Crippen molar-refractivity contribution < 1.29 is 4.79 Å². The number of amidine groups is 1. The fraction of sp³-hybridized carbons (Fsp3) is 0.222. The van der Waals surface area contributed by atoms with Crippen molar-refractivity contribution in [3.05, 3.63) is 71.8 Å². The molecule has 112 valence electrons. The molecular weight excluding hydrogens is 292 g/mol. The predicted molar refractivity (Wildman–Crippen MR) is 92.2 cm³/mol. The summed E-state index contributed by atoms with van der Waals surface area (Å²) in [6, 6.07) is 20.4. The molecule has 3 nitrogen and oxygen atoms in total. The van der Waals surface area contributed by atoms with Gasteiger partial charge in [-0.05, 0) is 11.1 Å². The highest BCUT2D eigenvalue weighted by atomic mass is 32.2. The van der Waals surface area contributed by atoms with Crippen LogP contribution in [0.25, 0.3) is 0 Å². The third-order valence-corrected chi connectivity index (χ3v) is 4.52. The number of aliphatic imine (C=N–C) groups is 1. The summed E-state index contributed by atoms with van der Waals surface area (Å²) in [6.07, 6.45) is 0.424. The molecule has 0 atom stereocenters. The maximum atomic E-state index is 12.4. The Morgan fingerprint density at radius 2 is 1.64 bits per heavy atom. The molecule has 1 N–H and O–H groups in total. The van der Waals surface area contributed by atoms with Crippen molar-refractivity contribution in [2.24, 2.45) is 4.99 Å². The molecule has 0 saturated heterocycles. The largest absolute Gasteiger partial charge is 0.305 e. The summed E-state index contributed by atoms with van der Waals surface area (Å²) in [5, 5.41) is 3.68. The number of carbonyl (C=O) groups excluding carboxylic acids is 1. The summed E-state index contributed by atoms with van der Waals surface area (Å²) >= 11 is 1.61. The number of carbonyl (C=O) groups is 1. The van der Waals surface area contributed by atoms with Gasteiger partial charge in [-0.1, -0.05) is 72.4 Å². The molecule has 1 heterocycles. The average molecular weight is 310 g/mol. The normalized spacial score (nSPS) is 14.0. The third kappa shape index (κ3) is 3.77. The van der Waals surface area contributed by atoms with Crippen LogP contribution in [0, 0.1) is 0 Å². The summed E-state index contributed by atoms with van der Waals surface area (Å²) in [4.78, 5) is 16.6. The number of rotatable bonds is 4. The minimum atomic E-state index is 0.0193. The Hall–Kier alpha value is -2.07. The highest BCUT2D eigenvalue weighted by molar-refractivity contribution is 8.14. The van der Waals surface area contributed by atoms with Crippen molar-refractivity contribution in [1.82, 2.24) is 5.32 Å². The van der Waals surface area contributed by atoms with Crippen LogP contribution in [0.1, 0.15) is 23.5 Å². The van der Waals surface area contributed by atoms with E-state index in [1.165, 1.54) is 0 Å². The van der Waals surface area contributed by atoms with Crippen LogP contribution >= 0.6 is 11.8 Å². The van der Waals surface area contributed by atoms with E-state index >= 15 is 0 Å². The molecule has 2 aromatic carbocycles. The summed E-state index contributed by atoms with van der Waals surface area (Å²) < 4.78 is 0. The van der Waals surface area contributed by atoms with Crippen LogP contribution in [0.4, 0.5) is 0 Å². The van der Waals surface area contributed by atoms with E-state index in [1.807, 2.05) is 36.4 Å². The number of hydrogen-bond donors (Lipinski definition) is 1. The van der Waals surface area contributed by atoms with E-state index in [0.717, 1.165) is 28.6 Å². The van der Waals surface area contributed by atoms with Crippen LogP contribution in [0.15, 0.2) is 65.7 Å². The fourth-order valence-corrected chi connectivity index (χ4v) is 3.31. The number of amides is 1. The van der Waals surface area contributed by atoms with Gasteiger partial charge in [-0.25, -0.2) is 0 Å². The lowest BCUT2D eigenvalue weighted by Gasteiger charge is -2.17. The molecule has 4 heteroatoms. The van der Waals surface area contributed by atoms with Crippen molar-refractivity contribution in [2.75, 3.05) is 12.3 Å². The quantitative estimate of drug-likeness (QED) is 0.940. The number of benzene rings is 2. The molecule has 1 amide bonds. The smallest absolute Gasteiger partial charge is 0.226 e. The van der Waals surface area contributed by atoms with Gasteiger partial charge in [-0.2, -0.15) is 0 Å². The first-order valence-corrected chi connectivity index (χ1v) is 8.38. The van der Waals surface area contributed by atoms with E-state index < -0.39 is 0 Å². The van der Waals surface area contributed by atoms with Gasteiger partial charge in [0.25, 0.3) is 0 Å². The van der Waals surface area contributed by atoms with E-state index in [-0.39, 0.29) is 11.8 Å². The average Bonchev–Trinajstić information content (AvgIpc) is 3.07. The maximum Gasteiger partial charge on any atom is 0.226 e. The molecule has 0 radical (unpaired) electrons. The van der Waals surface area contributed by atoms with E-state index in [9.17, 15) is 4.79 Å². The van der Waals surface area contributed by atoms with Crippen LogP contribution in [-0.2, 0) is 4.79 Å². The van der Waals surface area contributed by atoms with Gasteiger partial charge >= 0.3 is 0 Å². The first kappa shape index (κ1) is 14.9. The van der Waals surface area contributed by atoms with Gasteiger partial charge in [0.15, 0.2) is 5.17 Å². The van der Waals surface area contributed by atoms with Crippen molar-refractivity contribution >= 4 is 22.8 Å². The van der Waals surface area contributed by atoms with Gasteiger partial charge in [0.2, 0.25) is 5.91 Å². The molecule has 22 heavy (non-hydrogen) atoms. The second-order valence-corrected chi connectivity index (χ2v) is 6.25. The molecule has 0 saturated carbocycles. The number of thioether (sulfide) groups is 1. The highest BCUT2D eigenvalue weighted by Gasteiger charge is 2.19. The van der Waals surface area contributed by atoms with E-state index in [2.05, 4.69) is 34.6 Å². The monoisotopic (exact) mass is 310 g/mol. The minimum Gasteiger partial charge on any atom is -0.305 e. The molecule has 0 aliphatic carbocycles. The first-order valence-electron chi connectivity index (χ1n) is 7.40. The lowest BCUT2D eigenvalue weighted by molar-refractivity contribution is -0.119. The van der Waals surface area contributed by atoms with Crippen LogP contribution in [0.5, 0.6) is 0 Å². The molecule has 0 aromatic heterocycles. The summed E-state index contributed by atoms with van der Waals surface area (Å²) in [5.74, 6) is 1.04. The van der Waals surface area contributed by atoms with Gasteiger partial charge < -0.3 is 5.32 Å². The minimum absolute atomic E-state index is 0.0193. The summed E-state index contributed by atoms with van der Waals surface area (Å²) in [5.41, 5.74) is 2.31. The molecule has 0 fully saturated rings. The highest BCUT2D eigenvalue weighted by Crippen LogP contribution is 2.27. The lowest BCUT2D eigenvalue weighted by Crippen LogP contribution is -2.28. The van der Waals surface area contributed by atoms with Gasteiger partial charge in [0, 0.05) is 18.1 Å². The Bertz CT molecular complexity index is 616. The fourth-order valence-electron chi connectivity index (χ4n) is 2.57. The molecule has 3 rings (SSSR count). The van der Waals surface area contributed by atoms with Crippen LogP contribution in [-0.4, -0.2) is 23.4 Å². The second-order valence-electron chi connectivity index (χ2n) is 5.16. The zero-order valence-electron chi connectivity index (χ0n) is 12.2. The predicted octanol–water partition coefficient (Wildman–Crippen LogP) is 3.43. The van der Waals surface area contributed by atoms with Crippen LogP contribution in [0.2, 0.25) is 0 Å². The van der Waals surface area contributed by atoms with Gasteiger partial charge in [-0.3, -0.25) is 9.79 Å². The second kappa shape index (κ2) is 7.27. The van der Waals surface area contributed by atoms with Crippen LogP contribution in [0.3, 0.4) is 0 Å². The Morgan fingerprint density at radius 3 is 2.14 bits per heavy atom. The maximum absolute atomic E-state index is 12.4. The van der Waals surface area contributed by atoms with Crippen LogP contribution < -0.4 is 5.32 Å². The van der Waals surface area contributed by atoms with E-state index in [1.54, 1.807) is 11.8 Å². The summed E-state index contributed by atoms with van der Waals surface area (Å²) in [7, 11) is 0.